The van der Waals surface area contributed by atoms with Crippen LogP contribution in [0.4, 0.5) is 26.3 Å². The highest BCUT2D eigenvalue weighted by molar-refractivity contribution is 9.10. The van der Waals surface area contributed by atoms with E-state index in [0.29, 0.717) is 0 Å². The van der Waals surface area contributed by atoms with Gasteiger partial charge in [-0.05, 0) is 51.3 Å². The van der Waals surface area contributed by atoms with Gasteiger partial charge in [-0.1, -0.05) is 53.0 Å². The Kier molecular flexibility index (Phi) is 10.7. The van der Waals surface area contributed by atoms with E-state index in [1.165, 1.54) is 18.2 Å². The first-order chi connectivity index (χ1) is 17.0. The van der Waals surface area contributed by atoms with Crippen LogP contribution in [0.1, 0.15) is 27.4 Å². The zero-order chi connectivity index (χ0) is 28.1. The summed E-state index contributed by atoms with van der Waals surface area (Å²) in [6.07, 6.45) is -7.41. The highest BCUT2D eigenvalue weighted by atomic mass is 79.9. The van der Waals surface area contributed by atoms with E-state index in [4.69, 9.17) is 34.8 Å². The standard InChI is InChI=1S/C22H16BrCl3F6N2O3/c23-14-5-10(2-4-13(22(30,31)32)11-6-15(24)18(26)16(25)7-11)1-3-12(14)19(36)34-17(8-35)20(37)33-9-21(27,28)29/h1-7,13,17,35H,8-9H2,(H,33,37)(H,34,36). The van der Waals surface area contributed by atoms with Crippen LogP contribution < -0.4 is 10.6 Å². The molecular formula is C22H16BrCl3F6N2O3. The van der Waals surface area contributed by atoms with E-state index in [0.717, 1.165) is 24.3 Å². The molecule has 3 N–H and O–H groups in total. The van der Waals surface area contributed by atoms with Crippen LogP contribution in [0.2, 0.25) is 15.1 Å². The third-order valence-corrected chi connectivity index (χ3v) is 6.56. The van der Waals surface area contributed by atoms with Crippen LogP contribution in [0.15, 0.2) is 40.9 Å². The molecule has 0 aliphatic carbocycles. The summed E-state index contributed by atoms with van der Waals surface area (Å²) in [6.45, 7) is -2.64. The normalized spacial score (nSPS) is 13.9. The molecule has 0 aliphatic heterocycles. The molecule has 15 heteroatoms. The molecule has 0 fully saturated rings. The first kappa shape index (κ1) is 31.2. The van der Waals surface area contributed by atoms with E-state index >= 15 is 0 Å². The van der Waals surface area contributed by atoms with Gasteiger partial charge in [0.25, 0.3) is 5.91 Å². The molecular weight excluding hydrogens is 641 g/mol. The third kappa shape index (κ3) is 9.06. The maximum absolute atomic E-state index is 13.7. The minimum Gasteiger partial charge on any atom is -0.394 e. The maximum atomic E-state index is 13.7. The number of amides is 2. The number of hydrogen-bond donors (Lipinski definition) is 3. The second-order valence-corrected chi connectivity index (χ2v) is 9.50. The fourth-order valence-corrected chi connectivity index (χ4v) is 4.12. The van der Waals surface area contributed by atoms with Gasteiger partial charge in [0, 0.05) is 4.47 Å². The molecule has 0 spiro atoms. The number of nitrogens with one attached hydrogen (secondary N) is 2. The Bertz CT molecular complexity index is 1170. The molecule has 37 heavy (non-hydrogen) atoms. The van der Waals surface area contributed by atoms with Crippen LogP contribution in [-0.2, 0) is 4.79 Å². The van der Waals surface area contributed by atoms with E-state index < -0.39 is 49.3 Å². The van der Waals surface area contributed by atoms with Gasteiger partial charge in [0.15, 0.2) is 0 Å². The molecule has 202 valence electrons. The Morgan fingerprint density at radius 1 is 1.03 bits per heavy atom. The predicted octanol–water partition coefficient (Wildman–Crippen LogP) is 6.54. The van der Waals surface area contributed by atoms with Crippen molar-refractivity contribution in [2.45, 2.75) is 24.3 Å². The molecule has 0 heterocycles. The van der Waals surface area contributed by atoms with Gasteiger partial charge in [-0.15, -0.1) is 0 Å². The van der Waals surface area contributed by atoms with Crippen molar-refractivity contribution in [3.05, 3.63) is 72.6 Å². The summed E-state index contributed by atoms with van der Waals surface area (Å²) >= 11 is 20.6. The Morgan fingerprint density at radius 2 is 1.62 bits per heavy atom. The number of aliphatic hydroxyl groups excluding tert-OH is 1. The quantitative estimate of drug-likeness (QED) is 0.223. The molecule has 2 aromatic carbocycles. The van der Waals surface area contributed by atoms with Crippen molar-refractivity contribution < 1.29 is 41.0 Å². The lowest BCUT2D eigenvalue weighted by Gasteiger charge is -2.18. The van der Waals surface area contributed by atoms with Gasteiger partial charge >= 0.3 is 12.4 Å². The van der Waals surface area contributed by atoms with Crippen molar-refractivity contribution in [1.82, 2.24) is 10.6 Å². The molecule has 5 nitrogen and oxygen atoms in total. The summed E-state index contributed by atoms with van der Waals surface area (Å²) in [5, 5.41) is 12.5. The smallest absolute Gasteiger partial charge is 0.394 e. The lowest BCUT2D eigenvalue weighted by atomic mass is 9.97. The molecule has 2 aromatic rings. The van der Waals surface area contributed by atoms with Crippen LogP contribution >= 0.6 is 50.7 Å². The Labute approximate surface area is 229 Å². The summed E-state index contributed by atoms with van der Waals surface area (Å²) in [6, 6.07) is 4.22. The number of alkyl halides is 6. The topological polar surface area (TPSA) is 78.4 Å². The minimum atomic E-state index is -4.71. The monoisotopic (exact) mass is 654 g/mol. The van der Waals surface area contributed by atoms with Gasteiger partial charge in [0.1, 0.15) is 12.6 Å². The molecule has 0 bridgehead atoms. The third-order valence-electron chi connectivity index (χ3n) is 4.70. The van der Waals surface area contributed by atoms with Crippen LogP contribution in [0, 0.1) is 0 Å². The van der Waals surface area contributed by atoms with Gasteiger partial charge in [-0.2, -0.15) is 26.3 Å². The lowest BCUT2D eigenvalue weighted by Crippen LogP contribution is -2.50. The molecule has 0 radical (unpaired) electrons. The number of benzene rings is 2. The maximum Gasteiger partial charge on any atom is 0.405 e. The van der Waals surface area contributed by atoms with Crippen molar-refractivity contribution in [1.29, 1.82) is 0 Å². The van der Waals surface area contributed by atoms with Gasteiger partial charge in [-0.3, -0.25) is 9.59 Å². The van der Waals surface area contributed by atoms with Crippen LogP contribution in [-0.4, -0.2) is 48.5 Å². The average molecular weight is 657 g/mol. The highest BCUT2D eigenvalue weighted by Gasteiger charge is 2.39. The van der Waals surface area contributed by atoms with E-state index in [-0.39, 0.29) is 36.2 Å². The summed E-state index contributed by atoms with van der Waals surface area (Å²) < 4.78 is 78.1. The summed E-state index contributed by atoms with van der Waals surface area (Å²) in [4.78, 5) is 24.3. The largest absolute Gasteiger partial charge is 0.405 e. The van der Waals surface area contributed by atoms with Gasteiger partial charge in [0.05, 0.1) is 33.2 Å². The first-order valence-electron chi connectivity index (χ1n) is 9.98. The summed E-state index contributed by atoms with van der Waals surface area (Å²) in [7, 11) is 0. The fraction of sp³-hybridized carbons (Fsp3) is 0.273. The average Bonchev–Trinajstić information content (AvgIpc) is 2.78. The predicted molar refractivity (Wildman–Crippen MR) is 131 cm³/mol. The number of hydrogen-bond acceptors (Lipinski definition) is 3. The van der Waals surface area contributed by atoms with Crippen molar-refractivity contribution >= 4 is 68.6 Å². The second kappa shape index (κ2) is 12.7. The number of halogens is 10. The van der Waals surface area contributed by atoms with Crippen molar-refractivity contribution in [3.8, 4) is 0 Å². The SMILES string of the molecule is O=C(NC(CO)C(=O)NCC(F)(F)F)c1ccc(C=CC(c2cc(Cl)c(Cl)c(Cl)c2)C(F)(F)F)cc1Br. The van der Waals surface area contributed by atoms with E-state index in [1.54, 1.807) is 5.32 Å². The second-order valence-electron chi connectivity index (χ2n) is 7.46. The number of carbonyl (C=O) groups excluding carboxylic acids is 2. The number of allylic oxidation sites excluding steroid dienone is 1. The molecule has 0 aromatic heterocycles. The minimum absolute atomic E-state index is 0.0870. The molecule has 2 unspecified atom stereocenters. The zero-order valence-electron chi connectivity index (χ0n) is 18.2. The van der Waals surface area contributed by atoms with Gasteiger partial charge in [-0.25, -0.2) is 0 Å². The van der Waals surface area contributed by atoms with E-state index in [1.807, 2.05) is 0 Å². The van der Waals surface area contributed by atoms with E-state index in [2.05, 4.69) is 21.2 Å². The molecule has 2 amide bonds. The number of rotatable bonds is 8. The Balaban J connectivity index is 2.22. The Morgan fingerprint density at radius 3 is 2.11 bits per heavy atom. The molecule has 2 atom stereocenters. The fourth-order valence-electron chi connectivity index (χ4n) is 2.93. The van der Waals surface area contributed by atoms with Crippen molar-refractivity contribution in [2.75, 3.05) is 13.2 Å². The zero-order valence-corrected chi connectivity index (χ0v) is 22.0. The first-order valence-corrected chi connectivity index (χ1v) is 11.9. The van der Waals surface area contributed by atoms with Gasteiger partial charge < -0.3 is 15.7 Å². The summed E-state index contributed by atoms with van der Waals surface area (Å²) in [5.74, 6) is -4.28. The number of aliphatic hydroxyl groups is 1. The molecule has 0 saturated carbocycles. The molecule has 2 rings (SSSR count). The van der Waals surface area contributed by atoms with Crippen molar-refractivity contribution in [2.24, 2.45) is 0 Å². The molecule has 0 aliphatic rings. The van der Waals surface area contributed by atoms with Crippen LogP contribution in [0.5, 0.6) is 0 Å². The number of carbonyl (C=O) groups is 2. The van der Waals surface area contributed by atoms with Crippen LogP contribution in [0.25, 0.3) is 6.08 Å². The lowest BCUT2D eigenvalue weighted by molar-refractivity contribution is -0.140. The molecule has 0 saturated heterocycles. The summed E-state index contributed by atoms with van der Waals surface area (Å²) in [5.41, 5.74) is -0.106. The van der Waals surface area contributed by atoms with Crippen molar-refractivity contribution in [3.63, 3.8) is 0 Å². The van der Waals surface area contributed by atoms with Gasteiger partial charge in [0.2, 0.25) is 5.91 Å². The van der Waals surface area contributed by atoms with E-state index in [9.17, 15) is 41.0 Å². The highest BCUT2D eigenvalue weighted by Crippen LogP contribution is 2.41. The Hall–Kier alpha value is -1.99. The van der Waals surface area contributed by atoms with Crippen LogP contribution in [0.3, 0.4) is 0 Å².